The largest absolute Gasteiger partial charge is 0.474 e. The highest BCUT2D eigenvalue weighted by Gasteiger charge is 2.23. The Hall–Kier alpha value is -2.80. The Balaban J connectivity index is 1.64. The molecule has 1 aromatic heterocycles. The molecule has 8 heteroatoms. The SMILES string of the molecule is CC(C)Oc1ncc(C(=O)NCc2cccc(N3CCOC3=O)c2)cc1Cl. The lowest BCUT2D eigenvalue weighted by atomic mass is 10.2. The van der Waals surface area contributed by atoms with E-state index in [4.69, 9.17) is 21.1 Å². The van der Waals surface area contributed by atoms with Crippen LogP contribution < -0.4 is 15.0 Å². The summed E-state index contributed by atoms with van der Waals surface area (Å²) in [5, 5.41) is 3.10. The van der Waals surface area contributed by atoms with Gasteiger partial charge in [-0.05, 0) is 37.6 Å². The van der Waals surface area contributed by atoms with Crippen molar-refractivity contribution in [3.63, 3.8) is 0 Å². The van der Waals surface area contributed by atoms with Gasteiger partial charge in [0.05, 0.1) is 18.2 Å². The molecular formula is C19H20ClN3O4. The molecule has 0 saturated carbocycles. The monoisotopic (exact) mass is 389 g/mol. The molecule has 1 aliphatic rings. The van der Waals surface area contributed by atoms with Crippen LogP contribution >= 0.6 is 11.6 Å². The summed E-state index contributed by atoms with van der Waals surface area (Å²) in [7, 11) is 0. The number of nitrogens with zero attached hydrogens (tertiary/aromatic N) is 2. The maximum atomic E-state index is 12.4. The quantitative estimate of drug-likeness (QED) is 0.818. The Morgan fingerprint density at radius 1 is 1.41 bits per heavy atom. The van der Waals surface area contributed by atoms with E-state index in [1.54, 1.807) is 4.90 Å². The van der Waals surface area contributed by atoms with E-state index >= 15 is 0 Å². The topological polar surface area (TPSA) is 80.8 Å². The van der Waals surface area contributed by atoms with Crippen LogP contribution in [0.2, 0.25) is 5.02 Å². The number of ether oxygens (including phenoxy) is 2. The van der Waals surface area contributed by atoms with Crippen LogP contribution in [-0.2, 0) is 11.3 Å². The zero-order chi connectivity index (χ0) is 19.4. The zero-order valence-corrected chi connectivity index (χ0v) is 15.8. The van der Waals surface area contributed by atoms with Crippen molar-refractivity contribution >= 4 is 29.3 Å². The maximum Gasteiger partial charge on any atom is 0.414 e. The molecule has 0 bridgehead atoms. The van der Waals surface area contributed by atoms with Crippen molar-refractivity contribution in [1.82, 2.24) is 10.3 Å². The van der Waals surface area contributed by atoms with E-state index in [-0.39, 0.29) is 23.1 Å². The van der Waals surface area contributed by atoms with Crippen molar-refractivity contribution in [2.24, 2.45) is 0 Å². The lowest BCUT2D eigenvalue weighted by Crippen LogP contribution is -2.25. The van der Waals surface area contributed by atoms with Gasteiger partial charge in [0.15, 0.2) is 0 Å². The predicted molar refractivity (Wildman–Crippen MR) is 101 cm³/mol. The number of amides is 2. The van der Waals surface area contributed by atoms with Crippen LogP contribution in [0.3, 0.4) is 0 Å². The summed E-state index contributed by atoms with van der Waals surface area (Å²) in [6.07, 6.45) is 1.01. The fourth-order valence-electron chi connectivity index (χ4n) is 2.61. The standard InChI is InChI=1S/C19H20ClN3O4/c1-12(2)27-18-16(20)9-14(11-22-18)17(24)21-10-13-4-3-5-15(8-13)23-6-7-26-19(23)25/h3-5,8-9,11-12H,6-7,10H2,1-2H3,(H,21,24). The molecular weight excluding hydrogens is 370 g/mol. The first-order chi connectivity index (χ1) is 12.9. The van der Waals surface area contributed by atoms with E-state index in [0.29, 0.717) is 31.1 Å². The summed E-state index contributed by atoms with van der Waals surface area (Å²) < 4.78 is 10.4. The highest BCUT2D eigenvalue weighted by molar-refractivity contribution is 6.32. The van der Waals surface area contributed by atoms with Crippen molar-refractivity contribution in [3.05, 3.63) is 52.7 Å². The van der Waals surface area contributed by atoms with Gasteiger partial charge in [-0.2, -0.15) is 0 Å². The number of benzene rings is 1. The third kappa shape index (κ3) is 4.68. The van der Waals surface area contributed by atoms with E-state index in [1.165, 1.54) is 12.3 Å². The van der Waals surface area contributed by atoms with Crippen molar-refractivity contribution in [2.75, 3.05) is 18.1 Å². The van der Waals surface area contributed by atoms with Gasteiger partial charge in [-0.3, -0.25) is 9.69 Å². The van der Waals surface area contributed by atoms with Crippen molar-refractivity contribution in [2.45, 2.75) is 26.5 Å². The maximum absolute atomic E-state index is 12.4. The highest BCUT2D eigenvalue weighted by Crippen LogP contribution is 2.24. The third-order valence-corrected chi connectivity index (χ3v) is 4.12. The Morgan fingerprint density at radius 2 is 2.22 bits per heavy atom. The zero-order valence-electron chi connectivity index (χ0n) is 15.1. The number of cyclic esters (lactones) is 1. The summed E-state index contributed by atoms with van der Waals surface area (Å²) in [5.74, 6) is -0.0000932. The van der Waals surface area contributed by atoms with Crippen LogP contribution in [0.1, 0.15) is 29.8 Å². The van der Waals surface area contributed by atoms with E-state index in [2.05, 4.69) is 10.3 Å². The minimum Gasteiger partial charge on any atom is -0.474 e. The number of carbonyl (C=O) groups excluding carboxylic acids is 2. The molecule has 27 heavy (non-hydrogen) atoms. The first kappa shape index (κ1) is 19.0. The molecule has 0 spiro atoms. The fraction of sp³-hybridized carbons (Fsp3) is 0.316. The lowest BCUT2D eigenvalue weighted by molar-refractivity contribution is 0.0950. The lowest BCUT2D eigenvalue weighted by Gasteiger charge is -2.14. The summed E-state index contributed by atoms with van der Waals surface area (Å²) in [4.78, 5) is 29.7. The molecule has 1 saturated heterocycles. The van der Waals surface area contributed by atoms with Gasteiger partial charge in [-0.1, -0.05) is 23.7 Å². The molecule has 3 rings (SSSR count). The molecule has 1 aliphatic heterocycles. The molecule has 0 unspecified atom stereocenters. The smallest absolute Gasteiger partial charge is 0.414 e. The number of halogens is 1. The number of nitrogens with one attached hydrogen (secondary N) is 1. The second-order valence-electron chi connectivity index (χ2n) is 6.30. The minimum absolute atomic E-state index is 0.0603. The van der Waals surface area contributed by atoms with Crippen LogP contribution in [0, 0.1) is 0 Å². The first-order valence-corrected chi connectivity index (χ1v) is 8.95. The van der Waals surface area contributed by atoms with Gasteiger partial charge >= 0.3 is 6.09 Å². The van der Waals surface area contributed by atoms with Crippen LogP contribution in [0.25, 0.3) is 0 Å². The average Bonchev–Trinajstić information content (AvgIpc) is 3.07. The number of rotatable bonds is 6. The highest BCUT2D eigenvalue weighted by atomic mass is 35.5. The summed E-state index contributed by atoms with van der Waals surface area (Å²) >= 11 is 6.13. The first-order valence-electron chi connectivity index (χ1n) is 8.57. The Morgan fingerprint density at radius 3 is 2.89 bits per heavy atom. The van der Waals surface area contributed by atoms with Gasteiger partial charge in [-0.25, -0.2) is 9.78 Å². The Labute approximate surface area is 162 Å². The van der Waals surface area contributed by atoms with Gasteiger partial charge in [0.1, 0.15) is 11.6 Å². The van der Waals surface area contributed by atoms with E-state index in [1.807, 2.05) is 38.1 Å². The van der Waals surface area contributed by atoms with Crippen molar-refractivity contribution in [3.8, 4) is 5.88 Å². The van der Waals surface area contributed by atoms with E-state index < -0.39 is 0 Å². The molecule has 2 heterocycles. The summed E-state index contributed by atoms with van der Waals surface area (Å²) in [6, 6.07) is 8.90. The molecule has 2 aromatic rings. The Bertz CT molecular complexity index is 857. The minimum atomic E-state index is -0.361. The number of hydrogen-bond acceptors (Lipinski definition) is 5. The van der Waals surface area contributed by atoms with Crippen LogP contribution in [0.5, 0.6) is 5.88 Å². The Kier molecular flexibility index (Phi) is 5.81. The van der Waals surface area contributed by atoms with Gasteiger partial charge in [0.25, 0.3) is 5.91 Å². The molecule has 1 aromatic carbocycles. The summed E-state index contributed by atoms with van der Waals surface area (Å²) in [5.41, 5.74) is 1.94. The number of pyridine rings is 1. The molecule has 0 atom stereocenters. The number of hydrogen-bond donors (Lipinski definition) is 1. The third-order valence-electron chi connectivity index (χ3n) is 3.85. The molecule has 1 N–H and O–H groups in total. The van der Waals surface area contributed by atoms with Crippen LogP contribution in [0.4, 0.5) is 10.5 Å². The van der Waals surface area contributed by atoms with Gasteiger partial charge < -0.3 is 14.8 Å². The van der Waals surface area contributed by atoms with E-state index in [0.717, 1.165) is 11.3 Å². The molecule has 142 valence electrons. The van der Waals surface area contributed by atoms with Gasteiger partial charge in [0, 0.05) is 18.4 Å². The summed E-state index contributed by atoms with van der Waals surface area (Å²) in [6.45, 7) is 4.94. The molecule has 1 fully saturated rings. The predicted octanol–water partition coefficient (Wildman–Crippen LogP) is 3.41. The van der Waals surface area contributed by atoms with Crippen LogP contribution in [0.15, 0.2) is 36.5 Å². The van der Waals surface area contributed by atoms with E-state index in [9.17, 15) is 9.59 Å². The fourth-order valence-corrected chi connectivity index (χ4v) is 2.82. The van der Waals surface area contributed by atoms with Crippen molar-refractivity contribution in [1.29, 1.82) is 0 Å². The van der Waals surface area contributed by atoms with Crippen molar-refractivity contribution < 1.29 is 19.1 Å². The molecule has 7 nitrogen and oxygen atoms in total. The number of carbonyl (C=O) groups is 2. The molecule has 2 amide bonds. The molecule has 0 radical (unpaired) electrons. The molecule has 0 aliphatic carbocycles. The second-order valence-corrected chi connectivity index (χ2v) is 6.70. The number of anilines is 1. The second kappa shape index (κ2) is 8.26. The van der Waals surface area contributed by atoms with Gasteiger partial charge in [-0.15, -0.1) is 0 Å². The normalized spacial score (nSPS) is 13.6. The average molecular weight is 390 g/mol. The number of aromatic nitrogens is 1. The van der Waals surface area contributed by atoms with Gasteiger partial charge in [0.2, 0.25) is 5.88 Å². The van der Waals surface area contributed by atoms with Crippen LogP contribution in [-0.4, -0.2) is 36.2 Å².